The van der Waals surface area contributed by atoms with E-state index in [2.05, 4.69) is 62.5 Å². The Bertz CT molecular complexity index is 1130. The van der Waals surface area contributed by atoms with Gasteiger partial charge in [0.1, 0.15) is 12.1 Å². The summed E-state index contributed by atoms with van der Waals surface area (Å²) < 4.78 is 1.89. The molecule has 6 heteroatoms. The number of fused-ring (bicyclic) bond motifs is 1. The Labute approximate surface area is 176 Å². The quantitative estimate of drug-likeness (QED) is 0.561. The van der Waals surface area contributed by atoms with Gasteiger partial charge in [0.05, 0.1) is 50.0 Å². The average molecular weight is 398 g/mol. The molecule has 4 aromatic rings. The SMILES string of the molecule is C(=Cc1ccccc1)C[NH+]1CCN(c2ncnc3c2cnn3-c2ccccc2)CC1. The average Bonchev–Trinajstić information content (AvgIpc) is 3.25. The molecule has 0 aliphatic carbocycles. The minimum absolute atomic E-state index is 0.853. The van der Waals surface area contributed by atoms with E-state index in [1.807, 2.05) is 41.2 Å². The van der Waals surface area contributed by atoms with E-state index in [1.54, 1.807) is 11.2 Å². The third kappa shape index (κ3) is 3.82. The van der Waals surface area contributed by atoms with E-state index in [0.29, 0.717) is 0 Å². The molecule has 1 aliphatic rings. The molecule has 30 heavy (non-hydrogen) atoms. The normalized spacial score (nSPS) is 15.3. The fraction of sp³-hybridized carbons (Fsp3) is 0.208. The summed E-state index contributed by atoms with van der Waals surface area (Å²) in [5, 5.41) is 5.59. The van der Waals surface area contributed by atoms with Crippen molar-refractivity contribution < 1.29 is 4.90 Å². The Kier molecular flexibility index (Phi) is 5.23. The van der Waals surface area contributed by atoms with Gasteiger partial charge in [-0.05, 0) is 23.8 Å². The minimum atomic E-state index is 0.853. The Morgan fingerprint density at radius 2 is 1.63 bits per heavy atom. The van der Waals surface area contributed by atoms with Gasteiger partial charge in [0, 0.05) is 0 Å². The van der Waals surface area contributed by atoms with Crippen LogP contribution in [0.5, 0.6) is 0 Å². The van der Waals surface area contributed by atoms with E-state index in [0.717, 1.165) is 55.3 Å². The van der Waals surface area contributed by atoms with E-state index in [1.165, 1.54) is 5.56 Å². The third-order valence-corrected chi connectivity index (χ3v) is 5.63. The molecule has 0 radical (unpaired) electrons. The number of rotatable bonds is 5. The lowest BCUT2D eigenvalue weighted by Crippen LogP contribution is -3.14. The zero-order chi connectivity index (χ0) is 20.2. The number of hydrogen-bond acceptors (Lipinski definition) is 4. The molecule has 6 nitrogen and oxygen atoms in total. The van der Waals surface area contributed by atoms with Crippen molar-refractivity contribution >= 4 is 22.9 Å². The summed E-state index contributed by atoms with van der Waals surface area (Å²) in [6.07, 6.45) is 8.04. The van der Waals surface area contributed by atoms with Crippen LogP contribution in [0.15, 0.2) is 79.3 Å². The first-order chi connectivity index (χ1) is 14.9. The number of nitrogens with zero attached hydrogens (tertiary/aromatic N) is 5. The van der Waals surface area contributed by atoms with Crippen LogP contribution in [0.25, 0.3) is 22.8 Å². The topological polar surface area (TPSA) is 51.3 Å². The van der Waals surface area contributed by atoms with Gasteiger partial charge in [0.25, 0.3) is 0 Å². The minimum Gasteiger partial charge on any atom is -0.345 e. The molecular formula is C24H25N6+. The van der Waals surface area contributed by atoms with Crippen LogP contribution in [0.4, 0.5) is 5.82 Å². The summed E-state index contributed by atoms with van der Waals surface area (Å²) in [4.78, 5) is 13.1. The number of quaternary nitrogens is 1. The molecule has 1 saturated heterocycles. The Morgan fingerprint density at radius 3 is 2.40 bits per heavy atom. The van der Waals surface area contributed by atoms with Crippen molar-refractivity contribution in [3.63, 3.8) is 0 Å². The molecule has 2 aromatic heterocycles. The van der Waals surface area contributed by atoms with Crippen LogP contribution in [0.1, 0.15) is 5.56 Å². The summed E-state index contributed by atoms with van der Waals surface area (Å²) in [6, 6.07) is 20.6. The van der Waals surface area contributed by atoms with Crippen molar-refractivity contribution in [2.45, 2.75) is 0 Å². The molecule has 1 aliphatic heterocycles. The zero-order valence-corrected chi connectivity index (χ0v) is 16.9. The van der Waals surface area contributed by atoms with Crippen LogP contribution < -0.4 is 9.80 Å². The highest BCUT2D eigenvalue weighted by Gasteiger charge is 2.23. The highest BCUT2D eigenvalue weighted by molar-refractivity contribution is 5.87. The first kappa shape index (κ1) is 18.5. The summed E-state index contributed by atoms with van der Waals surface area (Å²) in [5.41, 5.74) is 3.12. The molecule has 150 valence electrons. The molecule has 3 heterocycles. The molecule has 0 saturated carbocycles. The van der Waals surface area contributed by atoms with Gasteiger partial charge >= 0.3 is 0 Å². The van der Waals surface area contributed by atoms with Gasteiger partial charge in [0.2, 0.25) is 0 Å². The molecule has 0 atom stereocenters. The standard InChI is InChI=1S/C24H24N6/c1-3-8-20(9-4-1)10-7-13-28-14-16-29(17-15-28)23-22-18-27-30(24(22)26-19-25-23)21-11-5-2-6-12-21/h1-12,18-19H,13-17H2/p+1. The van der Waals surface area contributed by atoms with Crippen molar-refractivity contribution in [2.24, 2.45) is 0 Å². The number of piperazine rings is 1. The van der Waals surface area contributed by atoms with Crippen LogP contribution in [-0.2, 0) is 0 Å². The Balaban J connectivity index is 1.27. The molecular weight excluding hydrogens is 372 g/mol. The second-order valence-corrected chi connectivity index (χ2v) is 7.58. The fourth-order valence-corrected chi connectivity index (χ4v) is 4.01. The van der Waals surface area contributed by atoms with Gasteiger partial charge in [-0.2, -0.15) is 5.10 Å². The molecule has 0 bridgehead atoms. The second-order valence-electron chi connectivity index (χ2n) is 7.58. The van der Waals surface area contributed by atoms with Crippen LogP contribution in [0.3, 0.4) is 0 Å². The first-order valence-corrected chi connectivity index (χ1v) is 10.4. The Hall–Kier alpha value is -3.51. The largest absolute Gasteiger partial charge is 0.345 e. The monoisotopic (exact) mass is 397 g/mol. The van der Waals surface area contributed by atoms with Crippen molar-refractivity contribution in [1.29, 1.82) is 0 Å². The maximum Gasteiger partial charge on any atom is 0.168 e. The predicted molar refractivity (Wildman–Crippen MR) is 120 cm³/mol. The van der Waals surface area contributed by atoms with E-state index in [-0.39, 0.29) is 0 Å². The smallest absolute Gasteiger partial charge is 0.168 e. The maximum absolute atomic E-state index is 4.60. The van der Waals surface area contributed by atoms with Gasteiger partial charge in [-0.25, -0.2) is 14.6 Å². The predicted octanol–water partition coefficient (Wildman–Crippen LogP) is 2.23. The summed E-state index contributed by atoms with van der Waals surface area (Å²) >= 11 is 0. The van der Waals surface area contributed by atoms with Crippen LogP contribution >= 0.6 is 0 Å². The highest BCUT2D eigenvalue weighted by Crippen LogP contribution is 2.24. The second kappa shape index (κ2) is 8.47. The van der Waals surface area contributed by atoms with Crippen LogP contribution in [0, 0.1) is 0 Å². The van der Waals surface area contributed by atoms with Crippen molar-refractivity contribution in [3.05, 3.63) is 84.8 Å². The van der Waals surface area contributed by atoms with E-state index in [9.17, 15) is 0 Å². The van der Waals surface area contributed by atoms with Gasteiger partial charge in [-0.15, -0.1) is 0 Å². The molecule has 1 fully saturated rings. The molecule has 0 spiro atoms. The van der Waals surface area contributed by atoms with Gasteiger partial charge in [-0.3, -0.25) is 0 Å². The van der Waals surface area contributed by atoms with E-state index >= 15 is 0 Å². The molecule has 0 amide bonds. The zero-order valence-electron chi connectivity index (χ0n) is 16.9. The lowest BCUT2D eigenvalue weighted by atomic mass is 10.2. The number of para-hydroxylation sites is 1. The van der Waals surface area contributed by atoms with Crippen molar-refractivity contribution in [3.8, 4) is 5.69 Å². The molecule has 0 unspecified atom stereocenters. The van der Waals surface area contributed by atoms with E-state index < -0.39 is 0 Å². The molecule has 5 rings (SSSR count). The van der Waals surface area contributed by atoms with Gasteiger partial charge < -0.3 is 9.80 Å². The van der Waals surface area contributed by atoms with Crippen LogP contribution in [0.2, 0.25) is 0 Å². The first-order valence-electron chi connectivity index (χ1n) is 10.4. The maximum atomic E-state index is 4.60. The third-order valence-electron chi connectivity index (χ3n) is 5.63. The van der Waals surface area contributed by atoms with Crippen molar-refractivity contribution in [2.75, 3.05) is 37.6 Å². The van der Waals surface area contributed by atoms with E-state index in [4.69, 9.17) is 0 Å². The van der Waals surface area contributed by atoms with Gasteiger partial charge in [-0.1, -0.05) is 54.6 Å². The lowest BCUT2D eigenvalue weighted by Gasteiger charge is -2.32. The highest BCUT2D eigenvalue weighted by atomic mass is 15.3. The van der Waals surface area contributed by atoms with Gasteiger partial charge in [0.15, 0.2) is 5.65 Å². The summed E-state index contributed by atoms with van der Waals surface area (Å²) in [7, 11) is 0. The van der Waals surface area contributed by atoms with Crippen molar-refractivity contribution in [1.82, 2.24) is 19.7 Å². The number of benzene rings is 2. The number of aromatic nitrogens is 4. The van der Waals surface area contributed by atoms with Crippen LogP contribution in [-0.4, -0.2) is 52.5 Å². The fourth-order valence-electron chi connectivity index (χ4n) is 4.01. The number of nitrogens with one attached hydrogen (secondary N) is 1. The summed E-state index contributed by atoms with van der Waals surface area (Å²) in [6.45, 7) is 5.21. The molecule has 1 N–H and O–H groups in total. The lowest BCUT2D eigenvalue weighted by molar-refractivity contribution is -0.894. The number of hydrogen-bond donors (Lipinski definition) is 1. The summed E-state index contributed by atoms with van der Waals surface area (Å²) in [5.74, 6) is 0.987. The Morgan fingerprint density at radius 1 is 0.900 bits per heavy atom. The number of anilines is 1. The molecule has 2 aromatic carbocycles.